The summed E-state index contributed by atoms with van der Waals surface area (Å²) in [6, 6.07) is 0. The largest absolute Gasteiger partial charge is 0.370 e. The fraction of sp³-hybridized carbons (Fsp3) is 0.818. The second-order valence-electron chi connectivity index (χ2n) is 4.08. The van der Waals surface area contributed by atoms with Crippen LogP contribution in [0, 0.1) is 0 Å². The normalized spacial score (nSPS) is 17.1. The molecule has 1 rings (SSSR count). The van der Waals surface area contributed by atoms with Crippen molar-refractivity contribution in [2.75, 3.05) is 6.61 Å². The first-order valence-corrected chi connectivity index (χ1v) is 5.79. The van der Waals surface area contributed by atoms with Gasteiger partial charge in [0.1, 0.15) is 6.10 Å². The molecular formula is C11H21N3O2. The van der Waals surface area contributed by atoms with Crippen molar-refractivity contribution in [3.63, 3.8) is 0 Å². The van der Waals surface area contributed by atoms with Gasteiger partial charge in [-0.3, -0.25) is 0 Å². The molecule has 2 N–H and O–H groups in total. The van der Waals surface area contributed by atoms with Crippen molar-refractivity contribution in [3.05, 3.63) is 11.7 Å². The highest BCUT2D eigenvalue weighted by Crippen LogP contribution is 2.23. The number of ether oxygens (including phenoxy) is 1. The summed E-state index contributed by atoms with van der Waals surface area (Å²) in [5.74, 6) is 1.06. The van der Waals surface area contributed by atoms with Gasteiger partial charge in [0.15, 0.2) is 0 Å². The van der Waals surface area contributed by atoms with Gasteiger partial charge in [0, 0.05) is 6.61 Å². The quantitative estimate of drug-likeness (QED) is 0.805. The van der Waals surface area contributed by atoms with Gasteiger partial charge in [0.05, 0.1) is 5.54 Å². The van der Waals surface area contributed by atoms with Crippen LogP contribution in [0.1, 0.15) is 58.4 Å². The van der Waals surface area contributed by atoms with Crippen LogP contribution in [-0.4, -0.2) is 16.7 Å². The molecule has 92 valence electrons. The molecule has 0 amide bonds. The molecule has 0 spiro atoms. The van der Waals surface area contributed by atoms with Crippen molar-refractivity contribution in [1.29, 1.82) is 0 Å². The minimum atomic E-state index is -0.560. The number of aromatic nitrogens is 2. The third-order valence-corrected chi connectivity index (χ3v) is 2.69. The lowest BCUT2D eigenvalue weighted by Crippen LogP contribution is -2.32. The van der Waals surface area contributed by atoms with Gasteiger partial charge in [-0.2, -0.15) is 4.98 Å². The maximum atomic E-state index is 6.03. The molecule has 1 aromatic rings. The zero-order valence-corrected chi connectivity index (χ0v) is 10.5. The Kier molecular flexibility index (Phi) is 4.44. The molecule has 0 aliphatic rings. The fourth-order valence-electron chi connectivity index (χ4n) is 1.32. The molecule has 0 radical (unpaired) electrons. The van der Waals surface area contributed by atoms with E-state index in [4.69, 9.17) is 15.0 Å². The first-order valence-electron chi connectivity index (χ1n) is 5.79. The summed E-state index contributed by atoms with van der Waals surface area (Å²) in [5, 5.41) is 3.93. The number of nitrogens with zero attached hydrogens (tertiary/aromatic N) is 2. The lowest BCUT2D eigenvalue weighted by Gasteiger charge is -2.16. The van der Waals surface area contributed by atoms with Gasteiger partial charge < -0.3 is 15.0 Å². The molecule has 1 aromatic heterocycles. The monoisotopic (exact) mass is 227 g/mol. The fourth-order valence-corrected chi connectivity index (χ4v) is 1.32. The molecule has 0 saturated heterocycles. The Bertz CT molecular complexity index is 323. The second kappa shape index (κ2) is 5.41. The van der Waals surface area contributed by atoms with Crippen molar-refractivity contribution < 1.29 is 9.26 Å². The van der Waals surface area contributed by atoms with Crippen LogP contribution in [0.5, 0.6) is 0 Å². The van der Waals surface area contributed by atoms with Crippen LogP contribution in [0.3, 0.4) is 0 Å². The summed E-state index contributed by atoms with van der Waals surface area (Å²) < 4.78 is 10.7. The summed E-state index contributed by atoms with van der Waals surface area (Å²) in [4.78, 5) is 4.31. The number of hydrogen-bond donors (Lipinski definition) is 1. The van der Waals surface area contributed by atoms with Crippen molar-refractivity contribution in [1.82, 2.24) is 10.1 Å². The lowest BCUT2D eigenvalue weighted by molar-refractivity contribution is 0.0518. The van der Waals surface area contributed by atoms with E-state index < -0.39 is 5.54 Å². The molecule has 0 aliphatic carbocycles. The van der Waals surface area contributed by atoms with E-state index in [-0.39, 0.29) is 6.10 Å². The van der Waals surface area contributed by atoms with Crippen LogP contribution >= 0.6 is 0 Å². The number of rotatable bonds is 6. The number of nitrogens with two attached hydrogens (primary N) is 1. The Hall–Kier alpha value is -0.940. The van der Waals surface area contributed by atoms with E-state index in [1.165, 1.54) is 0 Å². The van der Waals surface area contributed by atoms with E-state index >= 15 is 0 Å². The molecule has 0 bridgehead atoms. The Labute approximate surface area is 96.4 Å². The molecule has 0 fully saturated rings. The van der Waals surface area contributed by atoms with Crippen LogP contribution in [0.2, 0.25) is 0 Å². The Balaban J connectivity index is 2.85. The molecule has 0 aromatic carbocycles. The van der Waals surface area contributed by atoms with Crippen LogP contribution in [0.15, 0.2) is 4.52 Å². The summed E-state index contributed by atoms with van der Waals surface area (Å²) in [5.41, 5.74) is 5.47. The first kappa shape index (κ1) is 13.1. The van der Waals surface area contributed by atoms with Crippen molar-refractivity contribution in [3.8, 4) is 0 Å². The molecular weight excluding hydrogens is 206 g/mol. The molecule has 0 saturated carbocycles. The summed E-state index contributed by atoms with van der Waals surface area (Å²) in [6.45, 7) is 8.48. The minimum absolute atomic E-state index is 0.102. The summed E-state index contributed by atoms with van der Waals surface area (Å²) in [7, 11) is 0. The first-order chi connectivity index (χ1) is 7.55. The predicted molar refractivity (Wildman–Crippen MR) is 60.8 cm³/mol. The second-order valence-corrected chi connectivity index (χ2v) is 4.08. The van der Waals surface area contributed by atoms with Crippen LogP contribution in [-0.2, 0) is 10.3 Å². The summed E-state index contributed by atoms with van der Waals surface area (Å²) >= 11 is 0. The van der Waals surface area contributed by atoms with E-state index in [0.29, 0.717) is 18.3 Å². The van der Waals surface area contributed by atoms with Crippen LogP contribution < -0.4 is 5.73 Å². The van der Waals surface area contributed by atoms with Gasteiger partial charge in [0.2, 0.25) is 11.7 Å². The van der Waals surface area contributed by atoms with E-state index in [1.54, 1.807) is 0 Å². The predicted octanol–water partition coefficient (Wildman–Crippen LogP) is 2.14. The van der Waals surface area contributed by atoms with E-state index in [2.05, 4.69) is 10.1 Å². The molecule has 2 unspecified atom stereocenters. The van der Waals surface area contributed by atoms with Crippen LogP contribution in [0.25, 0.3) is 0 Å². The van der Waals surface area contributed by atoms with E-state index in [1.807, 2.05) is 27.7 Å². The van der Waals surface area contributed by atoms with Gasteiger partial charge in [-0.1, -0.05) is 19.0 Å². The van der Waals surface area contributed by atoms with Gasteiger partial charge in [0.25, 0.3) is 0 Å². The standard InChI is InChI=1S/C11H21N3O2/c1-5-8(15-7-3)9-13-10(16-14-9)11(4,12)6-2/h8H,5-7,12H2,1-4H3. The molecule has 5 nitrogen and oxygen atoms in total. The smallest absolute Gasteiger partial charge is 0.246 e. The van der Waals surface area contributed by atoms with Gasteiger partial charge >= 0.3 is 0 Å². The molecule has 0 aliphatic heterocycles. The maximum Gasteiger partial charge on any atom is 0.246 e. The van der Waals surface area contributed by atoms with Crippen molar-refractivity contribution >= 4 is 0 Å². The van der Waals surface area contributed by atoms with Crippen molar-refractivity contribution in [2.24, 2.45) is 5.73 Å². The third-order valence-electron chi connectivity index (χ3n) is 2.69. The highest BCUT2D eigenvalue weighted by atomic mass is 16.5. The average Bonchev–Trinajstić information content (AvgIpc) is 2.75. The molecule has 5 heteroatoms. The maximum absolute atomic E-state index is 6.03. The highest BCUT2D eigenvalue weighted by Gasteiger charge is 2.27. The Morgan fingerprint density at radius 2 is 2.12 bits per heavy atom. The average molecular weight is 227 g/mol. The zero-order valence-electron chi connectivity index (χ0n) is 10.5. The Morgan fingerprint density at radius 1 is 1.44 bits per heavy atom. The third kappa shape index (κ3) is 2.80. The lowest BCUT2D eigenvalue weighted by atomic mass is 10.0. The molecule has 1 heterocycles. The topological polar surface area (TPSA) is 74.2 Å². The highest BCUT2D eigenvalue weighted by molar-refractivity contribution is 5.00. The minimum Gasteiger partial charge on any atom is -0.370 e. The van der Waals surface area contributed by atoms with Crippen molar-refractivity contribution in [2.45, 2.75) is 52.2 Å². The van der Waals surface area contributed by atoms with Crippen LogP contribution in [0.4, 0.5) is 0 Å². The molecule has 16 heavy (non-hydrogen) atoms. The van der Waals surface area contributed by atoms with Gasteiger partial charge in [-0.15, -0.1) is 0 Å². The summed E-state index contributed by atoms with van der Waals surface area (Å²) in [6.07, 6.45) is 1.47. The van der Waals surface area contributed by atoms with E-state index in [9.17, 15) is 0 Å². The van der Waals surface area contributed by atoms with E-state index in [0.717, 1.165) is 12.8 Å². The van der Waals surface area contributed by atoms with Gasteiger partial charge in [-0.05, 0) is 26.7 Å². The number of hydrogen-bond acceptors (Lipinski definition) is 5. The Morgan fingerprint density at radius 3 is 2.62 bits per heavy atom. The zero-order chi connectivity index (χ0) is 12.2. The molecule has 2 atom stereocenters. The van der Waals surface area contributed by atoms with Gasteiger partial charge in [-0.25, -0.2) is 0 Å². The SMILES string of the molecule is CCOC(CC)c1noc(C(C)(N)CC)n1.